The van der Waals surface area contributed by atoms with Crippen molar-refractivity contribution in [1.29, 1.82) is 0 Å². The van der Waals surface area contributed by atoms with Crippen molar-refractivity contribution in [2.24, 2.45) is 0 Å². The fourth-order valence-corrected chi connectivity index (χ4v) is 4.26. The molecule has 26 heavy (non-hydrogen) atoms. The third-order valence-corrected chi connectivity index (χ3v) is 6.12. The van der Waals surface area contributed by atoms with E-state index in [0.717, 1.165) is 24.4 Å². The highest BCUT2D eigenvalue weighted by molar-refractivity contribution is 7.89. The molecule has 1 atom stereocenters. The first kappa shape index (κ1) is 18.8. The van der Waals surface area contributed by atoms with Crippen molar-refractivity contribution in [2.75, 3.05) is 40.0 Å². The number of hydrogen-bond donors (Lipinski definition) is 2. The lowest BCUT2D eigenvalue weighted by Gasteiger charge is -2.32. The first-order chi connectivity index (χ1) is 12.6. The van der Waals surface area contributed by atoms with Gasteiger partial charge in [-0.1, -0.05) is 18.2 Å². The maximum absolute atomic E-state index is 12.6. The lowest BCUT2D eigenvalue weighted by atomic mass is 10.0. The molecule has 140 valence electrons. The Morgan fingerprint density at radius 1 is 1.08 bits per heavy atom. The fourth-order valence-electron chi connectivity index (χ4n) is 3.19. The van der Waals surface area contributed by atoms with E-state index < -0.39 is 10.0 Å². The van der Waals surface area contributed by atoms with Gasteiger partial charge in [0.1, 0.15) is 24.9 Å². The van der Waals surface area contributed by atoms with Crippen molar-refractivity contribution < 1.29 is 22.8 Å². The monoisotopic (exact) mass is 377 g/mol. The zero-order chi connectivity index (χ0) is 18.4. The van der Waals surface area contributed by atoms with Gasteiger partial charge in [-0.15, -0.1) is 0 Å². The van der Waals surface area contributed by atoms with Gasteiger partial charge in [0.05, 0.1) is 31.8 Å². The van der Waals surface area contributed by atoms with Gasteiger partial charge in [-0.2, -0.15) is 0 Å². The number of morpholine rings is 1. The first-order valence-corrected chi connectivity index (χ1v) is 10.2. The van der Waals surface area contributed by atoms with Gasteiger partial charge >= 0.3 is 0 Å². The third-order valence-electron chi connectivity index (χ3n) is 4.68. The zero-order valence-electron chi connectivity index (χ0n) is 14.9. The summed E-state index contributed by atoms with van der Waals surface area (Å²) in [5.74, 6) is 0.786. The van der Waals surface area contributed by atoms with Gasteiger partial charge in [0.25, 0.3) is 0 Å². The van der Waals surface area contributed by atoms with E-state index in [9.17, 15) is 8.42 Å². The fraction of sp³-hybridized carbons (Fsp3) is 0.368. The van der Waals surface area contributed by atoms with Crippen molar-refractivity contribution in [2.45, 2.75) is 10.9 Å². The summed E-state index contributed by atoms with van der Waals surface area (Å²) >= 11 is 0. The summed E-state index contributed by atoms with van der Waals surface area (Å²) in [6, 6.07) is 16.3. The minimum atomic E-state index is -3.53. The van der Waals surface area contributed by atoms with Crippen LogP contribution in [-0.2, 0) is 14.8 Å². The van der Waals surface area contributed by atoms with E-state index in [4.69, 9.17) is 9.47 Å². The number of hydrogen-bond acceptors (Lipinski definition) is 4. The molecule has 0 aliphatic carbocycles. The third kappa shape index (κ3) is 4.62. The molecule has 0 bridgehead atoms. The molecule has 3 rings (SSSR count). The van der Waals surface area contributed by atoms with Crippen LogP contribution in [-0.4, -0.2) is 48.4 Å². The van der Waals surface area contributed by atoms with Gasteiger partial charge in [0.2, 0.25) is 10.0 Å². The Kier molecular flexibility index (Phi) is 6.26. The second-order valence-electron chi connectivity index (χ2n) is 6.26. The molecule has 0 saturated carbocycles. The Morgan fingerprint density at radius 2 is 1.73 bits per heavy atom. The number of methoxy groups -OCH3 is 1. The molecule has 1 heterocycles. The van der Waals surface area contributed by atoms with E-state index in [2.05, 4.69) is 4.72 Å². The number of sulfonamides is 1. The molecular formula is C19H25N2O4S+. The predicted octanol–water partition coefficient (Wildman–Crippen LogP) is 0.630. The Hall–Kier alpha value is -1.93. The number of quaternary nitrogens is 1. The van der Waals surface area contributed by atoms with E-state index in [0.29, 0.717) is 19.8 Å². The van der Waals surface area contributed by atoms with E-state index in [1.807, 2.05) is 24.3 Å². The number of benzene rings is 2. The Labute approximate surface area is 154 Å². The minimum absolute atomic E-state index is 0.0169. The second-order valence-corrected chi connectivity index (χ2v) is 8.03. The molecule has 1 aliphatic heterocycles. The van der Waals surface area contributed by atoms with Crippen LogP contribution in [0.5, 0.6) is 5.75 Å². The van der Waals surface area contributed by atoms with Crippen LogP contribution >= 0.6 is 0 Å². The molecule has 0 radical (unpaired) electrons. The summed E-state index contributed by atoms with van der Waals surface area (Å²) in [4.78, 5) is 1.60. The summed E-state index contributed by atoms with van der Waals surface area (Å²) < 4.78 is 38.6. The second kappa shape index (κ2) is 8.64. The Balaban J connectivity index is 1.79. The van der Waals surface area contributed by atoms with Crippen molar-refractivity contribution in [3.05, 3.63) is 60.2 Å². The van der Waals surface area contributed by atoms with Gasteiger partial charge in [-0.25, -0.2) is 13.1 Å². The van der Waals surface area contributed by atoms with Crippen LogP contribution in [0.25, 0.3) is 0 Å². The minimum Gasteiger partial charge on any atom is -0.497 e. The topological polar surface area (TPSA) is 69.1 Å². The zero-order valence-corrected chi connectivity index (χ0v) is 15.7. The normalized spacial score (nSPS) is 17.0. The van der Waals surface area contributed by atoms with Crippen molar-refractivity contribution >= 4 is 10.0 Å². The lowest BCUT2D eigenvalue weighted by molar-refractivity contribution is -0.937. The SMILES string of the molecule is COc1ccc([C@@H](CNS(=O)(=O)c2ccccc2)[NH+]2CCOCC2)cc1. The summed E-state index contributed by atoms with van der Waals surface area (Å²) in [5.41, 5.74) is 1.08. The largest absolute Gasteiger partial charge is 0.497 e. The lowest BCUT2D eigenvalue weighted by Crippen LogP contribution is -3.15. The highest BCUT2D eigenvalue weighted by atomic mass is 32.2. The van der Waals surface area contributed by atoms with Crippen LogP contribution in [0.3, 0.4) is 0 Å². The van der Waals surface area contributed by atoms with Crippen molar-refractivity contribution in [3.8, 4) is 5.75 Å². The number of rotatable bonds is 7. The van der Waals surface area contributed by atoms with Crippen LogP contribution in [0, 0.1) is 0 Å². The molecule has 1 fully saturated rings. The number of ether oxygens (including phenoxy) is 2. The van der Waals surface area contributed by atoms with Gasteiger partial charge in [-0.3, -0.25) is 0 Å². The molecule has 0 amide bonds. The summed E-state index contributed by atoms with van der Waals surface area (Å²) in [7, 11) is -1.90. The molecule has 1 saturated heterocycles. The Morgan fingerprint density at radius 3 is 2.35 bits per heavy atom. The molecule has 0 aromatic heterocycles. The average Bonchev–Trinajstić information content (AvgIpc) is 2.70. The van der Waals surface area contributed by atoms with Crippen molar-refractivity contribution in [3.63, 3.8) is 0 Å². The molecule has 7 heteroatoms. The standard InChI is InChI=1S/C19H24N2O4S/c1-24-17-9-7-16(8-10-17)19(21-11-13-25-14-12-21)15-20-26(22,23)18-5-3-2-4-6-18/h2-10,19-20H,11-15H2,1H3/p+1/t19-/m1/s1. The first-order valence-electron chi connectivity index (χ1n) is 8.71. The molecule has 2 N–H and O–H groups in total. The number of nitrogens with one attached hydrogen (secondary N) is 2. The molecule has 2 aromatic carbocycles. The molecule has 1 aliphatic rings. The van der Waals surface area contributed by atoms with Crippen LogP contribution in [0.1, 0.15) is 11.6 Å². The van der Waals surface area contributed by atoms with Crippen LogP contribution in [0.15, 0.2) is 59.5 Å². The van der Waals surface area contributed by atoms with E-state index in [1.54, 1.807) is 37.4 Å². The smallest absolute Gasteiger partial charge is 0.240 e. The van der Waals surface area contributed by atoms with E-state index >= 15 is 0 Å². The summed E-state index contributed by atoms with van der Waals surface area (Å²) in [6.07, 6.45) is 0. The highest BCUT2D eigenvalue weighted by Gasteiger charge is 2.28. The van der Waals surface area contributed by atoms with Gasteiger partial charge in [0, 0.05) is 5.56 Å². The highest BCUT2D eigenvalue weighted by Crippen LogP contribution is 2.17. The van der Waals surface area contributed by atoms with E-state index in [-0.39, 0.29) is 10.9 Å². The Bertz CT molecular complexity index is 788. The van der Waals surface area contributed by atoms with Crippen LogP contribution < -0.4 is 14.4 Å². The van der Waals surface area contributed by atoms with Gasteiger partial charge < -0.3 is 14.4 Å². The molecular weight excluding hydrogens is 352 g/mol. The van der Waals surface area contributed by atoms with Crippen molar-refractivity contribution in [1.82, 2.24) is 4.72 Å². The summed E-state index contributed by atoms with van der Waals surface area (Å²) in [5, 5.41) is 0. The van der Waals surface area contributed by atoms with Gasteiger partial charge in [-0.05, 0) is 36.4 Å². The van der Waals surface area contributed by atoms with Crippen LogP contribution in [0.2, 0.25) is 0 Å². The summed E-state index contributed by atoms with van der Waals surface area (Å²) in [6.45, 7) is 3.41. The van der Waals surface area contributed by atoms with E-state index in [1.165, 1.54) is 4.90 Å². The maximum atomic E-state index is 12.6. The maximum Gasteiger partial charge on any atom is 0.240 e. The van der Waals surface area contributed by atoms with Gasteiger partial charge in [0.15, 0.2) is 0 Å². The predicted molar refractivity (Wildman–Crippen MR) is 98.9 cm³/mol. The quantitative estimate of drug-likeness (QED) is 0.743. The average molecular weight is 377 g/mol. The molecule has 0 unspecified atom stereocenters. The molecule has 0 spiro atoms. The van der Waals surface area contributed by atoms with Crippen LogP contribution in [0.4, 0.5) is 0 Å². The molecule has 2 aromatic rings. The molecule has 6 nitrogen and oxygen atoms in total.